The third-order valence-corrected chi connectivity index (χ3v) is 3.93. The number of H-pyrrole nitrogens is 1. The minimum atomic E-state index is -3.10. The lowest BCUT2D eigenvalue weighted by Gasteiger charge is -2.14. The van der Waals surface area contributed by atoms with E-state index in [0.29, 0.717) is 28.5 Å². The smallest absolute Gasteiger partial charge is 0.387 e. The maximum atomic E-state index is 14.0. The molecule has 0 saturated heterocycles. The summed E-state index contributed by atoms with van der Waals surface area (Å²) in [5, 5.41) is 0. The van der Waals surface area contributed by atoms with Crippen molar-refractivity contribution < 1.29 is 17.9 Å². The first kappa shape index (κ1) is 18.6. The van der Waals surface area contributed by atoms with Crippen molar-refractivity contribution in [2.24, 2.45) is 0 Å². The summed E-state index contributed by atoms with van der Waals surface area (Å²) in [5.41, 5.74) is 1.61. The first-order valence-corrected chi connectivity index (χ1v) is 7.98. The van der Waals surface area contributed by atoms with Gasteiger partial charge in [-0.3, -0.25) is 4.79 Å². The van der Waals surface area contributed by atoms with Gasteiger partial charge in [-0.1, -0.05) is 13.0 Å². The van der Waals surface area contributed by atoms with Crippen LogP contribution < -0.4 is 10.3 Å². The maximum absolute atomic E-state index is 14.0. The lowest BCUT2D eigenvalue weighted by atomic mass is 9.96. The van der Waals surface area contributed by atoms with Gasteiger partial charge < -0.3 is 9.72 Å². The van der Waals surface area contributed by atoms with Crippen LogP contribution in [-0.2, 0) is 0 Å². The molecule has 2 aromatic heterocycles. The van der Waals surface area contributed by atoms with Gasteiger partial charge in [-0.25, -0.2) is 19.3 Å². The number of rotatable bonds is 5. The molecule has 0 saturated carbocycles. The number of benzene rings is 1. The van der Waals surface area contributed by atoms with Crippen LogP contribution in [0.2, 0.25) is 0 Å². The summed E-state index contributed by atoms with van der Waals surface area (Å²) in [7, 11) is 0. The van der Waals surface area contributed by atoms with Gasteiger partial charge in [0.1, 0.15) is 12.2 Å². The van der Waals surface area contributed by atoms with E-state index in [4.69, 9.17) is 0 Å². The van der Waals surface area contributed by atoms with Gasteiger partial charge in [0.15, 0.2) is 11.6 Å². The van der Waals surface area contributed by atoms with Crippen LogP contribution in [0.1, 0.15) is 29.9 Å². The maximum Gasteiger partial charge on any atom is 0.387 e. The molecular formula is C18H15F3N4O2. The Kier molecular flexibility index (Phi) is 5.20. The van der Waals surface area contributed by atoms with E-state index in [9.17, 15) is 18.0 Å². The number of aromatic nitrogens is 4. The van der Waals surface area contributed by atoms with Crippen molar-refractivity contribution in [3.8, 4) is 17.1 Å². The number of hydrogen-bond donors (Lipinski definition) is 1. The topological polar surface area (TPSA) is 80.8 Å². The first-order valence-electron chi connectivity index (χ1n) is 7.98. The molecule has 1 aromatic carbocycles. The number of aryl methyl sites for hydroxylation is 1. The molecule has 1 N–H and O–H groups in total. The number of aromatic amines is 1. The predicted octanol–water partition coefficient (Wildman–Crippen LogP) is 3.43. The van der Waals surface area contributed by atoms with Crippen LogP contribution in [0, 0.1) is 12.7 Å². The molecule has 0 spiro atoms. The van der Waals surface area contributed by atoms with Crippen molar-refractivity contribution in [2.45, 2.75) is 26.4 Å². The Hall–Kier alpha value is -3.23. The molecule has 0 aliphatic heterocycles. The molecular weight excluding hydrogens is 361 g/mol. The van der Waals surface area contributed by atoms with E-state index < -0.39 is 18.2 Å². The predicted molar refractivity (Wildman–Crippen MR) is 91.2 cm³/mol. The van der Waals surface area contributed by atoms with Crippen molar-refractivity contribution >= 4 is 0 Å². The summed E-state index contributed by atoms with van der Waals surface area (Å²) in [6.45, 7) is 0.337. The molecule has 3 aromatic rings. The minimum absolute atomic E-state index is 0.303. The first-order chi connectivity index (χ1) is 12.8. The fraction of sp³-hybridized carbons (Fsp3) is 0.222. The molecule has 1 atom stereocenters. The molecule has 0 fully saturated rings. The van der Waals surface area contributed by atoms with Crippen molar-refractivity contribution in [3.05, 3.63) is 69.9 Å². The molecule has 2 heterocycles. The molecule has 140 valence electrons. The lowest BCUT2D eigenvalue weighted by molar-refractivity contribution is -0.0522. The van der Waals surface area contributed by atoms with Gasteiger partial charge in [-0.15, -0.1) is 0 Å². The van der Waals surface area contributed by atoms with Crippen LogP contribution in [0.5, 0.6) is 5.75 Å². The van der Waals surface area contributed by atoms with Crippen molar-refractivity contribution in [3.63, 3.8) is 0 Å². The number of nitrogens with one attached hydrogen (secondary N) is 1. The molecule has 0 amide bonds. The fourth-order valence-electron chi connectivity index (χ4n) is 2.61. The Morgan fingerprint density at radius 1 is 1.11 bits per heavy atom. The molecule has 6 nitrogen and oxygen atoms in total. The summed E-state index contributed by atoms with van der Waals surface area (Å²) in [5.74, 6) is -1.32. The number of ether oxygens (including phenoxy) is 1. The Balaban J connectivity index is 1.92. The Bertz CT molecular complexity index is 1020. The second-order valence-electron chi connectivity index (χ2n) is 5.83. The van der Waals surface area contributed by atoms with Gasteiger partial charge in [-0.2, -0.15) is 8.78 Å². The van der Waals surface area contributed by atoms with Gasteiger partial charge in [-0.05, 0) is 30.7 Å². The number of nitrogens with zero attached hydrogens (tertiary/aromatic N) is 3. The monoisotopic (exact) mass is 376 g/mol. The van der Waals surface area contributed by atoms with E-state index in [2.05, 4.69) is 24.7 Å². The average Bonchev–Trinajstić information content (AvgIpc) is 2.62. The zero-order valence-corrected chi connectivity index (χ0v) is 14.4. The standard InChI is InChI=1S/C18H15F3N4O2/c1-9(11-3-4-16(12(19)5-11)27-18(20)21)13-6-14(23-8-22-13)15-7-17(26)25-10(2)24-15/h3-9,18H,1-2H3,(H,24,25,26). The molecule has 9 heteroatoms. The van der Waals surface area contributed by atoms with Gasteiger partial charge in [0.25, 0.3) is 5.56 Å². The van der Waals surface area contributed by atoms with E-state index in [-0.39, 0.29) is 11.5 Å². The lowest BCUT2D eigenvalue weighted by Crippen LogP contribution is -2.09. The normalized spacial score (nSPS) is 12.2. The third-order valence-electron chi connectivity index (χ3n) is 3.93. The largest absolute Gasteiger partial charge is 0.432 e. The van der Waals surface area contributed by atoms with Crippen molar-refractivity contribution in [1.29, 1.82) is 0 Å². The van der Waals surface area contributed by atoms with Crippen LogP contribution in [0.25, 0.3) is 11.4 Å². The van der Waals surface area contributed by atoms with Crippen LogP contribution in [-0.4, -0.2) is 26.5 Å². The van der Waals surface area contributed by atoms with E-state index >= 15 is 0 Å². The van der Waals surface area contributed by atoms with E-state index in [1.165, 1.54) is 18.5 Å². The highest BCUT2D eigenvalue weighted by Gasteiger charge is 2.16. The molecule has 0 radical (unpaired) electrons. The Morgan fingerprint density at radius 3 is 2.56 bits per heavy atom. The summed E-state index contributed by atoms with van der Waals surface area (Å²) in [6.07, 6.45) is 1.32. The van der Waals surface area contributed by atoms with Crippen molar-refractivity contribution in [1.82, 2.24) is 19.9 Å². The zero-order valence-electron chi connectivity index (χ0n) is 14.4. The Morgan fingerprint density at radius 2 is 1.89 bits per heavy atom. The zero-order chi connectivity index (χ0) is 19.6. The second kappa shape index (κ2) is 7.56. The summed E-state index contributed by atoms with van der Waals surface area (Å²) in [6, 6.07) is 6.73. The van der Waals surface area contributed by atoms with Crippen LogP contribution in [0.4, 0.5) is 13.2 Å². The average molecular weight is 376 g/mol. The highest BCUT2D eigenvalue weighted by molar-refractivity contribution is 5.54. The van der Waals surface area contributed by atoms with Gasteiger partial charge in [0.2, 0.25) is 0 Å². The highest BCUT2D eigenvalue weighted by atomic mass is 19.3. The highest BCUT2D eigenvalue weighted by Crippen LogP contribution is 2.28. The quantitative estimate of drug-likeness (QED) is 0.738. The van der Waals surface area contributed by atoms with E-state index in [1.54, 1.807) is 19.9 Å². The molecule has 0 bridgehead atoms. The summed E-state index contributed by atoms with van der Waals surface area (Å²) < 4.78 is 42.6. The molecule has 1 unspecified atom stereocenters. The van der Waals surface area contributed by atoms with Crippen LogP contribution >= 0.6 is 0 Å². The minimum Gasteiger partial charge on any atom is -0.432 e. The van der Waals surface area contributed by atoms with Crippen LogP contribution in [0.15, 0.2) is 41.5 Å². The van der Waals surface area contributed by atoms with Gasteiger partial charge in [0.05, 0.1) is 17.1 Å². The molecule has 0 aliphatic rings. The third kappa shape index (κ3) is 4.30. The van der Waals surface area contributed by atoms with Crippen LogP contribution in [0.3, 0.4) is 0 Å². The number of halogens is 3. The van der Waals surface area contributed by atoms with Gasteiger partial charge in [0, 0.05) is 12.0 Å². The number of hydrogen-bond acceptors (Lipinski definition) is 5. The molecule has 3 rings (SSSR count). The fourth-order valence-corrected chi connectivity index (χ4v) is 2.61. The molecule has 27 heavy (non-hydrogen) atoms. The van der Waals surface area contributed by atoms with E-state index in [1.807, 2.05) is 0 Å². The van der Waals surface area contributed by atoms with Crippen molar-refractivity contribution in [2.75, 3.05) is 0 Å². The molecule has 0 aliphatic carbocycles. The SMILES string of the molecule is Cc1nc(-c2cc(C(C)c3ccc(OC(F)F)c(F)c3)ncn2)cc(=O)[nH]1. The van der Waals surface area contributed by atoms with E-state index in [0.717, 1.165) is 12.1 Å². The summed E-state index contributed by atoms with van der Waals surface area (Å²) >= 11 is 0. The number of alkyl halides is 2. The van der Waals surface area contributed by atoms with Gasteiger partial charge >= 0.3 is 6.61 Å². The second-order valence-corrected chi connectivity index (χ2v) is 5.83. The Labute approximate surface area is 152 Å². The summed E-state index contributed by atoms with van der Waals surface area (Å²) in [4.78, 5) is 26.7.